The molecule has 1 aromatic heterocycles. The van der Waals surface area contributed by atoms with Crippen molar-refractivity contribution < 1.29 is 13.7 Å². The number of nitriles is 1. The Labute approximate surface area is 157 Å². The maximum atomic E-state index is 9.42. The minimum Gasteiger partial charge on any atom is -0.493 e. The highest BCUT2D eigenvalue weighted by molar-refractivity contribution is 9.10. The van der Waals surface area contributed by atoms with E-state index in [0.717, 1.165) is 21.9 Å². The van der Waals surface area contributed by atoms with E-state index >= 15 is 0 Å². The third-order valence-corrected chi connectivity index (χ3v) is 4.84. The average molecular weight is 417 g/mol. The Bertz CT molecular complexity index is 972. The van der Waals surface area contributed by atoms with E-state index in [2.05, 4.69) is 27.0 Å². The van der Waals surface area contributed by atoms with Crippen molar-refractivity contribution in [2.24, 2.45) is 0 Å². The zero-order chi connectivity index (χ0) is 17.8. The number of rotatable bonds is 5. The van der Waals surface area contributed by atoms with Crippen molar-refractivity contribution in [1.82, 2.24) is 4.98 Å². The smallest absolute Gasteiger partial charge is 0.162 e. The second-order valence-corrected chi connectivity index (χ2v) is 6.62. The molecule has 0 N–H and O–H groups in total. The molecule has 0 amide bonds. The molecule has 0 saturated carbocycles. The van der Waals surface area contributed by atoms with Gasteiger partial charge >= 0.3 is 0 Å². The van der Waals surface area contributed by atoms with Crippen molar-refractivity contribution in [2.45, 2.75) is 4.90 Å². The molecule has 0 atom stereocenters. The van der Waals surface area contributed by atoms with Crippen molar-refractivity contribution in [3.8, 4) is 23.3 Å². The molecule has 3 rings (SSSR count). The van der Waals surface area contributed by atoms with Crippen LogP contribution in [0.3, 0.4) is 0 Å². The van der Waals surface area contributed by atoms with Gasteiger partial charge in [-0.15, -0.1) is 0 Å². The van der Waals surface area contributed by atoms with E-state index in [1.54, 1.807) is 26.4 Å². The van der Waals surface area contributed by atoms with E-state index in [1.165, 1.54) is 6.20 Å². The Hall–Kier alpha value is -2.43. The molecule has 126 valence electrons. The molecule has 0 aliphatic carbocycles. The van der Waals surface area contributed by atoms with E-state index in [0.29, 0.717) is 33.2 Å². The minimum absolute atomic E-state index is 0.430. The summed E-state index contributed by atoms with van der Waals surface area (Å²) >= 11 is 4.52. The fourth-order valence-electron chi connectivity index (χ4n) is 2.27. The van der Waals surface area contributed by atoms with Crippen LogP contribution in [0, 0.1) is 11.3 Å². The van der Waals surface area contributed by atoms with Crippen LogP contribution in [0.5, 0.6) is 17.2 Å². The van der Waals surface area contributed by atoms with Gasteiger partial charge in [-0.25, -0.2) is 0 Å². The van der Waals surface area contributed by atoms with Crippen molar-refractivity contribution in [3.63, 3.8) is 0 Å². The maximum Gasteiger partial charge on any atom is 0.162 e. The van der Waals surface area contributed by atoms with E-state index < -0.39 is 0 Å². The quantitative estimate of drug-likeness (QED) is 0.546. The summed E-state index contributed by atoms with van der Waals surface area (Å²) in [7, 11) is 3.13. The third kappa shape index (κ3) is 3.65. The van der Waals surface area contributed by atoms with Crippen molar-refractivity contribution >= 4 is 38.9 Å². The summed E-state index contributed by atoms with van der Waals surface area (Å²) in [5.41, 5.74) is 1.12. The van der Waals surface area contributed by atoms with Crippen LogP contribution in [-0.2, 0) is 0 Å². The monoisotopic (exact) mass is 416 g/mol. The molecule has 0 saturated heterocycles. The van der Waals surface area contributed by atoms with Crippen molar-refractivity contribution in [1.29, 1.82) is 5.26 Å². The molecule has 5 nitrogen and oxygen atoms in total. The first-order chi connectivity index (χ1) is 12.2. The summed E-state index contributed by atoms with van der Waals surface area (Å²) in [4.78, 5) is 5.01. The molecular weight excluding hydrogens is 404 g/mol. The average Bonchev–Trinajstić information content (AvgIpc) is 2.64. The summed E-state index contributed by atoms with van der Waals surface area (Å²) in [5, 5.41) is 10.2. The summed E-state index contributed by atoms with van der Waals surface area (Å²) in [6.07, 6.45) is 1.53. The summed E-state index contributed by atoms with van der Waals surface area (Å²) in [6.45, 7) is 0. The lowest BCUT2D eigenvalue weighted by Crippen LogP contribution is -1.95. The number of halogens is 1. The lowest BCUT2D eigenvalue weighted by molar-refractivity contribution is 0.355. The van der Waals surface area contributed by atoms with Crippen LogP contribution in [0.15, 0.2) is 52.0 Å². The fourth-order valence-corrected chi connectivity index (χ4v) is 3.38. The predicted octanol–water partition coefficient (Wildman–Crippen LogP) is 4.97. The molecule has 25 heavy (non-hydrogen) atoms. The van der Waals surface area contributed by atoms with Crippen molar-refractivity contribution in [2.75, 3.05) is 14.2 Å². The zero-order valence-electron chi connectivity index (χ0n) is 13.4. The number of hydrogen-bond donors (Lipinski definition) is 0. The largest absolute Gasteiger partial charge is 0.493 e. The third-order valence-electron chi connectivity index (χ3n) is 3.46. The Morgan fingerprint density at radius 3 is 2.56 bits per heavy atom. The molecule has 0 spiro atoms. The van der Waals surface area contributed by atoms with Gasteiger partial charge in [-0.05, 0) is 24.3 Å². The van der Waals surface area contributed by atoms with Crippen molar-refractivity contribution in [3.05, 3.63) is 52.6 Å². The van der Waals surface area contributed by atoms with Gasteiger partial charge in [0.1, 0.15) is 11.8 Å². The highest BCUT2D eigenvalue weighted by Gasteiger charge is 2.15. The topological polar surface area (TPSA) is 64.4 Å². The Balaban J connectivity index is 2.06. The number of methoxy groups -OCH3 is 2. The standard InChI is InChI=1S/C18H13BrN2O3S/c1-22-16-7-14-15(8-17(16)23-2)21-10-11(9-20)18(14)25-24-13-5-3-4-12(19)6-13/h3-8,10H,1-2H3. The lowest BCUT2D eigenvalue weighted by Gasteiger charge is -2.12. The number of benzene rings is 2. The van der Waals surface area contributed by atoms with Gasteiger partial charge in [0, 0.05) is 22.1 Å². The number of hydrogen-bond acceptors (Lipinski definition) is 6. The molecular formula is C18H13BrN2O3S. The Morgan fingerprint density at radius 1 is 1.12 bits per heavy atom. The van der Waals surface area contributed by atoms with E-state index in [-0.39, 0.29) is 0 Å². The van der Waals surface area contributed by atoms with Gasteiger partial charge in [-0.3, -0.25) is 4.98 Å². The minimum atomic E-state index is 0.430. The van der Waals surface area contributed by atoms with Gasteiger partial charge < -0.3 is 13.7 Å². The molecule has 0 fully saturated rings. The van der Waals surface area contributed by atoms with Crippen LogP contribution in [0.2, 0.25) is 0 Å². The van der Waals surface area contributed by atoms with E-state index in [4.69, 9.17) is 13.7 Å². The maximum absolute atomic E-state index is 9.42. The van der Waals surface area contributed by atoms with Crippen LogP contribution in [0.1, 0.15) is 5.56 Å². The van der Waals surface area contributed by atoms with E-state index in [1.807, 2.05) is 24.3 Å². The summed E-state index contributed by atoms with van der Waals surface area (Å²) in [6, 6.07) is 13.2. The molecule has 0 aliphatic rings. The normalized spacial score (nSPS) is 10.3. The molecule has 0 unspecified atom stereocenters. The number of pyridine rings is 1. The van der Waals surface area contributed by atoms with Gasteiger partial charge in [0.05, 0.1) is 42.2 Å². The predicted molar refractivity (Wildman–Crippen MR) is 100 cm³/mol. The van der Waals surface area contributed by atoms with Crippen LogP contribution >= 0.6 is 28.0 Å². The molecule has 1 heterocycles. The molecule has 3 aromatic rings. The Morgan fingerprint density at radius 2 is 1.88 bits per heavy atom. The first-order valence-corrected chi connectivity index (χ1v) is 8.74. The second-order valence-electron chi connectivity index (χ2n) is 4.96. The van der Waals surface area contributed by atoms with Gasteiger partial charge in [-0.2, -0.15) is 5.26 Å². The molecule has 0 radical (unpaired) electrons. The fraction of sp³-hybridized carbons (Fsp3) is 0.111. The van der Waals surface area contributed by atoms with Crippen LogP contribution in [-0.4, -0.2) is 19.2 Å². The molecule has 0 aliphatic heterocycles. The number of nitrogens with zero attached hydrogens (tertiary/aromatic N) is 2. The molecule has 0 bridgehead atoms. The second kappa shape index (κ2) is 7.64. The number of ether oxygens (including phenoxy) is 2. The molecule has 2 aromatic carbocycles. The highest BCUT2D eigenvalue weighted by Crippen LogP contribution is 2.38. The van der Waals surface area contributed by atoms with Crippen LogP contribution < -0.4 is 13.7 Å². The van der Waals surface area contributed by atoms with Gasteiger partial charge in [0.2, 0.25) is 0 Å². The molecule has 7 heteroatoms. The zero-order valence-corrected chi connectivity index (χ0v) is 15.8. The van der Waals surface area contributed by atoms with Gasteiger partial charge in [0.25, 0.3) is 0 Å². The summed E-state index contributed by atoms with van der Waals surface area (Å²) in [5.74, 6) is 1.82. The first kappa shape index (κ1) is 17.4. The summed E-state index contributed by atoms with van der Waals surface area (Å²) < 4.78 is 17.4. The first-order valence-electron chi connectivity index (χ1n) is 7.21. The highest BCUT2D eigenvalue weighted by atomic mass is 79.9. The van der Waals surface area contributed by atoms with E-state index in [9.17, 15) is 5.26 Å². The van der Waals surface area contributed by atoms with Crippen LogP contribution in [0.25, 0.3) is 10.9 Å². The SMILES string of the molecule is COc1cc2ncc(C#N)c(SOc3cccc(Br)c3)c2cc1OC. The Kier molecular flexibility index (Phi) is 5.31. The number of fused-ring (bicyclic) bond motifs is 1. The number of aromatic nitrogens is 1. The lowest BCUT2D eigenvalue weighted by atomic mass is 10.1. The van der Waals surface area contributed by atoms with Crippen LogP contribution in [0.4, 0.5) is 0 Å². The van der Waals surface area contributed by atoms with Gasteiger partial charge in [0.15, 0.2) is 11.5 Å². The van der Waals surface area contributed by atoms with Gasteiger partial charge in [-0.1, -0.05) is 22.0 Å².